The van der Waals surface area contributed by atoms with Crippen molar-refractivity contribution in [2.45, 2.75) is 33.2 Å². The Bertz CT molecular complexity index is 255. The van der Waals surface area contributed by atoms with Crippen LogP contribution in [0.15, 0.2) is 12.3 Å². The van der Waals surface area contributed by atoms with Gasteiger partial charge >= 0.3 is 17.6 Å². The van der Waals surface area contributed by atoms with Crippen LogP contribution >= 0.6 is 0 Å². The van der Waals surface area contributed by atoms with Gasteiger partial charge in [0.1, 0.15) is 0 Å². The molecular weight excluding hydrogens is 334 g/mol. The molecule has 140 valence electrons. The number of hydrogen-bond acceptors (Lipinski definition) is 7. The van der Waals surface area contributed by atoms with E-state index in [9.17, 15) is 0 Å². The minimum Gasteiger partial charge on any atom is -0.374 e. The van der Waals surface area contributed by atoms with E-state index in [1.807, 2.05) is 20.8 Å². The summed E-state index contributed by atoms with van der Waals surface area (Å²) in [6.45, 7) is 12.0. The number of hydrogen-bond donors (Lipinski definition) is 1. The molecule has 23 heavy (non-hydrogen) atoms. The van der Waals surface area contributed by atoms with Crippen LogP contribution in [-0.4, -0.2) is 65.3 Å². The van der Waals surface area contributed by atoms with Crippen LogP contribution in [0.5, 0.6) is 0 Å². The van der Waals surface area contributed by atoms with E-state index in [0.717, 1.165) is 12.5 Å². The maximum Gasteiger partial charge on any atom is 0.528 e. The Balaban J connectivity index is 0. The topological polar surface area (TPSA) is 81.4 Å². The van der Waals surface area contributed by atoms with Crippen molar-refractivity contribution in [1.82, 2.24) is 0 Å². The molecule has 0 fully saturated rings. The fourth-order valence-corrected chi connectivity index (χ4v) is 5.46. The van der Waals surface area contributed by atoms with Crippen molar-refractivity contribution < 1.29 is 26.6 Å². The highest BCUT2D eigenvalue weighted by Crippen LogP contribution is 2.17. The third kappa shape index (κ3) is 10.4. The lowest BCUT2D eigenvalue weighted by Crippen LogP contribution is -2.46. The summed E-state index contributed by atoms with van der Waals surface area (Å²) >= 11 is 0. The van der Waals surface area contributed by atoms with E-state index in [-0.39, 0.29) is 0 Å². The summed E-state index contributed by atoms with van der Waals surface area (Å²) in [6.07, 6.45) is 0.895. The lowest BCUT2D eigenvalue weighted by atomic mass is 10.5. The largest absolute Gasteiger partial charge is 0.528 e. The molecule has 0 aliphatic rings. The van der Waals surface area contributed by atoms with Crippen molar-refractivity contribution in [1.29, 1.82) is 0 Å². The van der Waals surface area contributed by atoms with Gasteiger partial charge in [-0.3, -0.25) is 0 Å². The fourth-order valence-electron chi connectivity index (χ4n) is 1.82. The molecule has 0 bridgehead atoms. The second-order valence-electron chi connectivity index (χ2n) is 4.29. The molecule has 9 heteroatoms. The molecule has 0 spiro atoms. The van der Waals surface area contributed by atoms with Crippen LogP contribution in [0.25, 0.3) is 0 Å². The highest BCUT2D eigenvalue weighted by Gasteiger charge is 2.39. The molecule has 0 atom stereocenters. The zero-order valence-electron chi connectivity index (χ0n) is 15.6. The molecule has 0 unspecified atom stereocenters. The summed E-state index contributed by atoms with van der Waals surface area (Å²) in [6, 6.07) is 0.818. The van der Waals surface area contributed by atoms with Crippen molar-refractivity contribution in [2.24, 2.45) is 5.73 Å². The highest BCUT2D eigenvalue weighted by atomic mass is 28.4. The molecule has 0 aromatic heterocycles. The van der Waals surface area contributed by atoms with Crippen LogP contribution in [0.4, 0.5) is 0 Å². The first-order valence-electron chi connectivity index (χ1n) is 7.90. The van der Waals surface area contributed by atoms with Crippen molar-refractivity contribution in [3.63, 3.8) is 0 Å². The Morgan fingerprint density at radius 3 is 1.43 bits per heavy atom. The Hall–Kier alpha value is -0.106. The molecular formula is C14H35NO6Si2. The molecule has 0 aromatic carbocycles. The van der Waals surface area contributed by atoms with Gasteiger partial charge in [-0.2, -0.15) is 0 Å². The molecule has 7 nitrogen and oxygen atoms in total. The fraction of sp³-hybridized carbons (Fsp3) is 0.857. The second-order valence-corrected chi connectivity index (χ2v) is 9.87. The van der Waals surface area contributed by atoms with Gasteiger partial charge < -0.3 is 32.3 Å². The van der Waals surface area contributed by atoms with E-state index in [1.165, 1.54) is 0 Å². The minimum atomic E-state index is -2.43. The van der Waals surface area contributed by atoms with E-state index >= 15 is 0 Å². The minimum absolute atomic E-state index is 0.636. The molecule has 2 N–H and O–H groups in total. The molecule has 0 aromatic rings. The zero-order valence-corrected chi connectivity index (χ0v) is 17.6. The van der Waals surface area contributed by atoms with Crippen molar-refractivity contribution >= 4 is 17.6 Å². The monoisotopic (exact) mass is 369 g/mol. The average molecular weight is 370 g/mol. The summed E-state index contributed by atoms with van der Waals surface area (Å²) in [5.74, 6) is 0. The number of rotatable bonds is 13. The molecule has 0 saturated heterocycles. The van der Waals surface area contributed by atoms with E-state index in [4.69, 9.17) is 32.3 Å². The van der Waals surface area contributed by atoms with Crippen LogP contribution in [0.2, 0.25) is 6.04 Å². The van der Waals surface area contributed by atoms with Gasteiger partial charge in [-0.1, -0.05) is 6.58 Å². The van der Waals surface area contributed by atoms with Gasteiger partial charge in [-0.25, -0.2) is 0 Å². The molecule has 0 rings (SSSR count). The first-order valence-corrected chi connectivity index (χ1v) is 11.6. The first-order chi connectivity index (χ1) is 11.0. The highest BCUT2D eigenvalue weighted by molar-refractivity contribution is 6.66. The molecule has 0 aliphatic carbocycles. The van der Waals surface area contributed by atoms with Crippen LogP contribution in [0.1, 0.15) is 27.2 Å². The predicted molar refractivity (Wildman–Crippen MR) is 96.1 cm³/mol. The zero-order chi connectivity index (χ0) is 18.2. The average Bonchev–Trinajstić information content (AvgIpc) is 2.57. The molecule has 0 saturated carbocycles. The van der Waals surface area contributed by atoms with Crippen LogP contribution in [-0.2, 0) is 26.6 Å². The van der Waals surface area contributed by atoms with E-state index in [1.54, 1.807) is 27.0 Å². The molecule has 0 amide bonds. The smallest absolute Gasteiger partial charge is 0.374 e. The predicted octanol–water partition coefficient (Wildman–Crippen LogP) is 1.97. The van der Waals surface area contributed by atoms with Crippen LogP contribution < -0.4 is 5.73 Å². The maximum atomic E-state index is 5.65. The van der Waals surface area contributed by atoms with Gasteiger partial charge in [-0.15, -0.1) is 0 Å². The van der Waals surface area contributed by atoms with Crippen LogP contribution in [0, 0.1) is 0 Å². The number of nitrogens with two attached hydrogens (primary N) is 1. The van der Waals surface area contributed by atoms with Crippen molar-refractivity contribution in [3.8, 4) is 0 Å². The maximum absolute atomic E-state index is 5.65. The third-order valence-corrected chi connectivity index (χ3v) is 8.24. The SMILES string of the molecule is C=C[Si](OC)(OC)OC.CCO[Si](CCCN)(OCC)OCC. The summed E-state index contributed by atoms with van der Waals surface area (Å²) in [7, 11) is -0.196. The molecule has 0 radical (unpaired) electrons. The van der Waals surface area contributed by atoms with E-state index in [2.05, 4.69) is 6.58 Å². The standard InChI is InChI=1S/C9H23NO3Si.C5H12O3Si/c1-4-11-14(12-5-2,13-6-3)9-7-8-10;1-5-9(6-2,7-3)8-4/h4-10H2,1-3H3;5H,1H2,2-4H3. The van der Waals surface area contributed by atoms with E-state index in [0.29, 0.717) is 26.4 Å². The quantitative estimate of drug-likeness (QED) is 0.497. The second kappa shape index (κ2) is 15.4. The van der Waals surface area contributed by atoms with Gasteiger partial charge in [0.25, 0.3) is 0 Å². The van der Waals surface area contributed by atoms with Gasteiger partial charge in [0.05, 0.1) is 0 Å². The van der Waals surface area contributed by atoms with Crippen molar-refractivity contribution in [2.75, 3.05) is 47.7 Å². The third-order valence-electron chi connectivity index (χ3n) is 2.88. The molecule has 0 heterocycles. The Kier molecular flexibility index (Phi) is 16.9. The first kappa shape index (κ1) is 25.1. The van der Waals surface area contributed by atoms with Gasteiger partial charge in [-0.05, 0) is 39.4 Å². The van der Waals surface area contributed by atoms with Crippen molar-refractivity contribution in [3.05, 3.63) is 12.3 Å². The molecule has 0 aliphatic heterocycles. The summed E-state index contributed by atoms with van der Waals surface area (Å²) in [4.78, 5) is 0. The summed E-state index contributed by atoms with van der Waals surface area (Å²) in [5.41, 5.74) is 7.06. The lowest BCUT2D eigenvalue weighted by Gasteiger charge is -2.28. The normalized spacial score (nSPS) is 11.8. The van der Waals surface area contributed by atoms with Gasteiger partial charge in [0.15, 0.2) is 0 Å². The van der Waals surface area contributed by atoms with E-state index < -0.39 is 17.6 Å². The van der Waals surface area contributed by atoms with Gasteiger partial charge in [0.2, 0.25) is 0 Å². The Labute approximate surface area is 143 Å². The van der Waals surface area contributed by atoms with Gasteiger partial charge in [0, 0.05) is 47.2 Å². The summed E-state index contributed by atoms with van der Waals surface area (Å²) in [5, 5.41) is 0. The Morgan fingerprint density at radius 2 is 1.26 bits per heavy atom. The summed E-state index contributed by atoms with van der Waals surface area (Å²) < 4.78 is 31.8. The Morgan fingerprint density at radius 1 is 0.870 bits per heavy atom. The lowest BCUT2D eigenvalue weighted by molar-refractivity contribution is 0.0710. The van der Waals surface area contributed by atoms with Crippen LogP contribution in [0.3, 0.4) is 0 Å².